The van der Waals surface area contributed by atoms with Gasteiger partial charge < -0.3 is 5.11 Å². The average molecular weight is 154 g/mol. The zero-order valence-electron chi connectivity index (χ0n) is 5.00. The molecule has 0 unspecified atom stereocenters. The molecule has 1 rings (SSSR count). The van der Waals surface area contributed by atoms with Gasteiger partial charge in [-0.3, -0.25) is 0 Å². The molecule has 0 aromatic carbocycles. The van der Waals surface area contributed by atoms with Gasteiger partial charge in [0.2, 0.25) is 0 Å². The first kappa shape index (κ1) is 6.91. The van der Waals surface area contributed by atoms with E-state index in [1.165, 1.54) is 12.1 Å². The highest BCUT2D eigenvalue weighted by atomic mass is 35.5. The molecule has 0 aliphatic rings. The first-order chi connectivity index (χ1) is 4.74. The minimum atomic E-state index is -0.0214. The third kappa shape index (κ3) is 1.20. The lowest BCUT2D eigenvalue weighted by Gasteiger charge is -1.94. The molecule has 10 heavy (non-hydrogen) atoms. The van der Waals surface area contributed by atoms with Gasteiger partial charge in [-0.05, 0) is 18.1 Å². The van der Waals surface area contributed by atoms with Crippen molar-refractivity contribution >= 4 is 11.6 Å². The van der Waals surface area contributed by atoms with Gasteiger partial charge in [0.25, 0.3) is 0 Å². The van der Waals surface area contributed by atoms with Gasteiger partial charge in [-0.25, -0.2) is 4.98 Å². The second-order valence-corrected chi connectivity index (χ2v) is 2.03. The minimum absolute atomic E-state index is 0.0214. The van der Waals surface area contributed by atoms with E-state index in [0.717, 1.165) is 0 Å². The first-order valence-electron chi connectivity index (χ1n) is 2.56. The van der Waals surface area contributed by atoms with Crippen LogP contribution in [0.1, 0.15) is 5.69 Å². The average Bonchev–Trinajstić information content (AvgIpc) is 1.94. The predicted octanol–water partition coefficient (Wildman–Crippen LogP) is 1.42. The summed E-state index contributed by atoms with van der Waals surface area (Å²) in [4.78, 5) is 3.67. The molecule has 0 atom stereocenters. The molecule has 1 aromatic heterocycles. The van der Waals surface area contributed by atoms with E-state index in [4.69, 9.17) is 23.1 Å². The van der Waals surface area contributed by atoms with E-state index in [1.54, 1.807) is 0 Å². The number of rotatable bonds is 0. The first-order valence-corrected chi connectivity index (χ1v) is 2.94. The van der Waals surface area contributed by atoms with Crippen LogP contribution in [0.3, 0.4) is 0 Å². The van der Waals surface area contributed by atoms with Crippen LogP contribution < -0.4 is 0 Å². The quantitative estimate of drug-likeness (QED) is 0.452. The number of aromatic hydroxyl groups is 1. The van der Waals surface area contributed by atoms with Crippen LogP contribution in [-0.4, -0.2) is 10.1 Å². The number of hydrogen-bond acceptors (Lipinski definition) is 2. The van der Waals surface area contributed by atoms with Crippen LogP contribution in [0.4, 0.5) is 0 Å². The van der Waals surface area contributed by atoms with Crippen LogP contribution in [0.25, 0.3) is 0 Å². The summed E-state index contributed by atoms with van der Waals surface area (Å²) in [7, 11) is 0. The Hall–Kier alpha value is -1.20. The highest BCUT2D eigenvalue weighted by molar-refractivity contribution is 6.29. The van der Waals surface area contributed by atoms with Crippen molar-refractivity contribution in [3.05, 3.63) is 23.0 Å². The smallest absolute Gasteiger partial charge is 0.156 e. The van der Waals surface area contributed by atoms with Crippen LogP contribution in [-0.2, 0) is 0 Å². The van der Waals surface area contributed by atoms with E-state index in [-0.39, 0.29) is 16.6 Å². The summed E-state index contributed by atoms with van der Waals surface area (Å²) in [6.45, 7) is 0. The zero-order chi connectivity index (χ0) is 7.56. The summed E-state index contributed by atoms with van der Waals surface area (Å²) in [6.07, 6.45) is 4.99. The largest absolute Gasteiger partial charge is 0.505 e. The summed E-state index contributed by atoms with van der Waals surface area (Å²) < 4.78 is 0. The van der Waals surface area contributed by atoms with Gasteiger partial charge in [0.1, 0.15) is 10.9 Å². The predicted molar refractivity (Wildman–Crippen MR) is 38.8 cm³/mol. The van der Waals surface area contributed by atoms with E-state index in [2.05, 4.69) is 10.9 Å². The molecular formula is C7H4ClNO. The van der Waals surface area contributed by atoms with Gasteiger partial charge in [0.05, 0.1) is 0 Å². The molecule has 0 aliphatic heterocycles. The van der Waals surface area contributed by atoms with E-state index in [1.807, 2.05) is 0 Å². The fraction of sp³-hybridized carbons (Fsp3) is 0. The highest BCUT2D eigenvalue weighted by Crippen LogP contribution is 2.15. The summed E-state index contributed by atoms with van der Waals surface area (Å²) in [6, 6.07) is 2.88. The standard InChI is InChI=1S/C7H4ClNO/c1-2-5-6(10)3-4-7(8)9-5/h1,3-4,10H. The number of hydrogen-bond donors (Lipinski definition) is 1. The maximum absolute atomic E-state index is 8.97. The van der Waals surface area contributed by atoms with Gasteiger partial charge >= 0.3 is 0 Å². The van der Waals surface area contributed by atoms with Crippen molar-refractivity contribution in [2.45, 2.75) is 0 Å². The SMILES string of the molecule is C#Cc1nc(Cl)ccc1O. The van der Waals surface area contributed by atoms with E-state index >= 15 is 0 Å². The Morgan fingerprint density at radius 2 is 2.30 bits per heavy atom. The summed E-state index contributed by atoms with van der Waals surface area (Å²) in [5.41, 5.74) is 0.174. The Morgan fingerprint density at radius 1 is 1.60 bits per heavy atom. The molecule has 1 N–H and O–H groups in total. The van der Waals surface area contributed by atoms with Crippen molar-refractivity contribution in [1.82, 2.24) is 4.98 Å². The minimum Gasteiger partial charge on any atom is -0.505 e. The van der Waals surface area contributed by atoms with Gasteiger partial charge in [0, 0.05) is 0 Å². The molecule has 0 fully saturated rings. The summed E-state index contributed by atoms with van der Waals surface area (Å²) in [5, 5.41) is 9.25. The Kier molecular flexibility index (Phi) is 1.79. The number of nitrogens with zero attached hydrogens (tertiary/aromatic N) is 1. The Morgan fingerprint density at radius 3 is 2.80 bits per heavy atom. The molecule has 0 amide bonds. The fourth-order valence-electron chi connectivity index (χ4n) is 0.534. The molecular weight excluding hydrogens is 150 g/mol. The molecule has 0 aliphatic carbocycles. The van der Waals surface area contributed by atoms with Crippen molar-refractivity contribution in [3.8, 4) is 18.1 Å². The van der Waals surface area contributed by atoms with Gasteiger partial charge in [-0.1, -0.05) is 11.6 Å². The van der Waals surface area contributed by atoms with Gasteiger partial charge in [0.15, 0.2) is 5.69 Å². The van der Waals surface area contributed by atoms with Crippen molar-refractivity contribution in [2.24, 2.45) is 0 Å². The van der Waals surface area contributed by atoms with E-state index in [0.29, 0.717) is 0 Å². The number of terminal acetylenes is 1. The van der Waals surface area contributed by atoms with Crippen LogP contribution in [0.5, 0.6) is 5.75 Å². The lowest BCUT2D eigenvalue weighted by Crippen LogP contribution is -1.82. The third-order valence-corrected chi connectivity index (χ3v) is 1.19. The van der Waals surface area contributed by atoms with Crippen molar-refractivity contribution in [1.29, 1.82) is 0 Å². The number of halogens is 1. The lowest BCUT2D eigenvalue weighted by molar-refractivity contribution is 0.471. The topological polar surface area (TPSA) is 33.1 Å². The second-order valence-electron chi connectivity index (χ2n) is 1.65. The highest BCUT2D eigenvalue weighted by Gasteiger charge is 1.98. The van der Waals surface area contributed by atoms with E-state index in [9.17, 15) is 0 Å². The lowest BCUT2D eigenvalue weighted by atomic mass is 10.3. The van der Waals surface area contributed by atoms with Gasteiger partial charge in [-0.2, -0.15) is 0 Å². The molecule has 0 spiro atoms. The third-order valence-electron chi connectivity index (χ3n) is 0.977. The number of aromatic nitrogens is 1. The molecule has 3 heteroatoms. The summed E-state index contributed by atoms with van der Waals surface area (Å²) in [5.74, 6) is 2.17. The molecule has 1 aromatic rings. The molecule has 2 nitrogen and oxygen atoms in total. The van der Waals surface area contributed by atoms with Gasteiger partial charge in [-0.15, -0.1) is 6.42 Å². The van der Waals surface area contributed by atoms with E-state index < -0.39 is 0 Å². The fourth-order valence-corrected chi connectivity index (χ4v) is 0.682. The maximum atomic E-state index is 8.97. The van der Waals surface area contributed by atoms with Crippen LogP contribution >= 0.6 is 11.6 Å². The second kappa shape index (κ2) is 2.59. The Balaban J connectivity index is 3.25. The zero-order valence-corrected chi connectivity index (χ0v) is 5.76. The molecule has 1 heterocycles. The Bertz CT molecular complexity index is 290. The van der Waals surface area contributed by atoms with Crippen molar-refractivity contribution in [3.63, 3.8) is 0 Å². The van der Waals surface area contributed by atoms with Crippen molar-refractivity contribution < 1.29 is 5.11 Å². The Labute approximate surface area is 63.5 Å². The van der Waals surface area contributed by atoms with Crippen LogP contribution in [0, 0.1) is 12.3 Å². The van der Waals surface area contributed by atoms with Crippen molar-refractivity contribution in [2.75, 3.05) is 0 Å². The summed E-state index contributed by atoms with van der Waals surface area (Å²) >= 11 is 5.48. The van der Waals surface area contributed by atoms with Crippen LogP contribution in [0.2, 0.25) is 5.15 Å². The molecule has 0 radical (unpaired) electrons. The molecule has 0 saturated carbocycles. The maximum Gasteiger partial charge on any atom is 0.156 e. The monoisotopic (exact) mass is 153 g/mol. The molecule has 0 saturated heterocycles. The number of pyridine rings is 1. The van der Waals surface area contributed by atoms with Crippen LogP contribution in [0.15, 0.2) is 12.1 Å². The molecule has 0 bridgehead atoms. The normalized spacial score (nSPS) is 8.80. The molecule has 50 valence electrons.